The molecule has 2 aromatic rings. The van der Waals surface area contributed by atoms with Crippen LogP contribution in [0.15, 0.2) is 58.1 Å². The van der Waals surface area contributed by atoms with E-state index in [4.69, 9.17) is 0 Å². The zero-order valence-electron chi connectivity index (χ0n) is 13.3. The molecule has 5 nitrogen and oxygen atoms in total. The van der Waals surface area contributed by atoms with Gasteiger partial charge in [-0.05, 0) is 48.6 Å². The van der Waals surface area contributed by atoms with Crippen molar-refractivity contribution >= 4 is 10.9 Å². The Kier molecular flexibility index (Phi) is 3.09. The minimum atomic E-state index is -0.637. The van der Waals surface area contributed by atoms with Gasteiger partial charge in [0.2, 0.25) is 0 Å². The molecule has 0 aliphatic carbocycles. The maximum atomic E-state index is 12.3. The molecule has 5 heteroatoms. The Balaban J connectivity index is 2.29. The van der Waals surface area contributed by atoms with Crippen LogP contribution in [0.25, 0.3) is 28.0 Å². The SMILES string of the molecule is Cc1cccc(-n2c3nc(=O)[nH]c(=O)c-3cc3ccccc32)c1C. The molecular formula is C19H15N3O2. The van der Waals surface area contributed by atoms with Crippen molar-refractivity contribution in [3.05, 3.63) is 80.5 Å². The molecule has 0 unspecified atom stereocenters. The Labute approximate surface area is 137 Å². The van der Waals surface area contributed by atoms with Crippen LogP contribution in [0, 0.1) is 13.8 Å². The first-order chi connectivity index (χ1) is 11.6. The minimum Gasteiger partial charge on any atom is -0.293 e. The van der Waals surface area contributed by atoms with Crippen molar-refractivity contribution in [3.8, 4) is 17.1 Å². The Morgan fingerprint density at radius 3 is 2.62 bits per heavy atom. The molecule has 2 aliphatic heterocycles. The molecule has 0 fully saturated rings. The molecule has 0 aromatic heterocycles. The number of hydrogen-bond acceptors (Lipinski definition) is 3. The summed E-state index contributed by atoms with van der Waals surface area (Å²) in [5.74, 6) is 0.371. The van der Waals surface area contributed by atoms with E-state index in [1.54, 1.807) is 6.07 Å². The fourth-order valence-corrected chi connectivity index (χ4v) is 3.06. The van der Waals surface area contributed by atoms with Gasteiger partial charge in [-0.1, -0.05) is 30.3 Å². The third kappa shape index (κ3) is 2.06. The van der Waals surface area contributed by atoms with Crippen LogP contribution in [0.3, 0.4) is 0 Å². The molecule has 2 heterocycles. The summed E-state index contributed by atoms with van der Waals surface area (Å²) in [6.45, 7) is 4.06. The van der Waals surface area contributed by atoms with E-state index in [-0.39, 0.29) is 0 Å². The molecule has 0 amide bonds. The summed E-state index contributed by atoms with van der Waals surface area (Å²) in [5.41, 5.74) is 3.36. The van der Waals surface area contributed by atoms with Gasteiger partial charge >= 0.3 is 5.69 Å². The normalized spacial score (nSPS) is 11.2. The standard InChI is InChI=1S/C19H15N3O2/c1-11-6-5-9-15(12(11)2)22-16-8-4-3-7-13(16)10-14-17(22)20-19(24)21-18(14)23/h3-10H,1-2H3,(H,21,23,24). The average molecular weight is 317 g/mol. The molecule has 118 valence electrons. The third-order valence-corrected chi connectivity index (χ3v) is 4.42. The van der Waals surface area contributed by atoms with Gasteiger partial charge in [-0.25, -0.2) is 4.79 Å². The largest absolute Gasteiger partial charge is 0.349 e. The van der Waals surface area contributed by atoms with Crippen LogP contribution in [-0.4, -0.2) is 14.5 Å². The van der Waals surface area contributed by atoms with Crippen molar-refractivity contribution in [2.24, 2.45) is 0 Å². The molecule has 0 saturated heterocycles. The first-order valence-electron chi connectivity index (χ1n) is 7.67. The van der Waals surface area contributed by atoms with E-state index in [2.05, 4.69) is 9.97 Å². The number of para-hydroxylation sites is 1. The maximum Gasteiger partial charge on any atom is 0.349 e. The zero-order chi connectivity index (χ0) is 16.8. The molecule has 4 rings (SSSR count). The highest BCUT2D eigenvalue weighted by Crippen LogP contribution is 2.29. The van der Waals surface area contributed by atoms with Gasteiger partial charge in [0.15, 0.2) is 5.82 Å². The van der Waals surface area contributed by atoms with Crippen molar-refractivity contribution in [2.45, 2.75) is 13.8 Å². The van der Waals surface area contributed by atoms with Crippen LogP contribution in [-0.2, 0) is 0 Å². The van der Waals surface area contributed by atoms with Gasteiger partial charge in [0.05, 0.1) is 16.8 Å². The summed E-state index contributed by atoms with van der Waals surface area (Å²) in [6, 6.07) is 15.5. The molecule has 0 saturated carbocycles. The number of pyridine rings is 1. The molecule has 2 aliphatic rings. The number of hydrogen-bond donors (Lipinski definition) is 1. The zero-order valence-corrected chi connectivity index (χ0v) is 13.3. The summed E-state index contributed by atoms with van der Waals surface area (Å²) in [7, 11) is 0. The number of rotatable bonds is 1. The van der Waals surface area contributed by atoms with Gasteiger partial charge in [-0.15, -0.1) is 0 Å². The Hall–Kier alpha value is -3.21. The van der Waals surface area contributed by atoms with Gasteiger partial charge in [-0.2, -0.15) is 4.98 Å². The van der Waals surface area contributed by atoms with Crippen LogP contribution in [0.5, 0.6) is 0 Å². The van der Waals surface area contributed by atoms with Crippen molar-refractivity contribution in [3.63, 3.8) is 0 Å². The van der Waals surface area contributed by atoms with Crippen LogP contribution in [0.2, 0.25) is 0 Å². The molecular weight excluding hydrogens is 302 g/mol. The van der Waals surface area contributed by atoms with Crippen LogP contribution in [0.1, 0.15) is 11.1 Å². The second kappa shape index (κ2) is 5.16. The number of aromatic nitrogens is 3. The van der Waals surface area contributed by atoms with Crippen molar-refractivity contribution in [1.29, 1.82) is 0 Å². The van der Waals surface area contributed by atoms with E-state index in [0.29, 0.717) is 11.4 Å². The van der Waals surface area contributed by atoms with E-state index in [9.17, 15) is 9.59 Å². The van der Waals surface area contributed by atoms with E-state index >= 15 is 0 Å². The summed E-state index contributed by atoms with van der Waals surface area (Å²) in [5, 5.41) is 0.914. The summed E-state index contributed by atoms with van der Waals surface area (Å²) >= 11 is 0. The highest BCUT2D eigenvalue weighted by atomic mass is 16.2. The number of H-pyrrole nitrogens is 1. The molecule has 0 radical (unpaired) electrons. The van der Waals surface area contributed by atoms with E-state index < -0.39 is 11.2 Å². The lowest BCUT2D eigenvalue weighted by Gasteiger charge is -2.19. The maximum absolute atomic E-state index is 12.3. The lowest BCUT2D eigenvalue weighted by atomic mass is 10.1. The van der Waals surface area contributed by atoms with E-state index in [0.717, 1.165) is 27.7 Å². The summed E-state index contributed by atoms with van der Waals surface area (Å²) in [6.07, 6.45) is 0. The van der Waals surface area contributed by atoms with E-state index in [1.807, 2.05) is 60.9 Å². The van der Waals surface area contributed by atoms with Crippen molar-refractivity contribution < 1.29 is 0 Å². The Morgan fingerprint density at radius 1 is 1.00 bits per heavy atom. The number of aromatic amines is 1. The smallest absolute Gasteiger partial charge is 0.293 e. The van der Waals surface area contributed by atoms with Gasteiger partial charge in [0.1, 0.15) is 0 Å². The van der Waals surface area contributed by atoms with Crippen molar-refractivity contribution in [1.82, 2.24) is 14.5 Å². The third-order valence-electron chi connectivity index (χ3n) is 4.42. The lowest BCUT2D eigenvalue weighted by molar-refractivity contribution is 0.953. The van der Waals surface area contributed by atoms with Crippen LogP contribution >= 0.6 is 0 Å². The van der Waals surface area contributed by atoms with Gasteiger partial charge in [0.25, 0.3) is 5.56 Å². The number of nitrogens with one attached hydrogen (secondary N) is 1. The number of benzene rings is 2. The van der Waals surface area contributed by atoms with Gasteiger partial charge < -0.3 is 0 Å². The molecule has 0 bridgehead atoms. The molecule has 1 N–H and O–H groups in total. The molecule has 0 spiro atoms. The summed E-state index contributed by atoms with van der Waals surface area (Å²) in [4.78, 5) is 30.4. The molecule has 0 atom stereocenters. The minimum absolute atomic E-state index is 0.371. The lowest BCUT2D eigenvalue weighted by Crippen LogP contribution is -2.27. The van der Waals surface area contributed by atoms with Crippen molar-refractivity contribution in [2.75, 3.05) is 0 Å². The van der Waals surface area contributed by atoms with Gasteiger partial charge in [0, 0.05) is 0 Å². The topological polar surface area (TPSA) is 67.8 Å². The van der Waals surface area contributed by atoms with Crippen LogP contribution < -0.4 is 11.2 Å². The second-order valence-electron chi connectivity index (χ2n) is 5.87. The molecule has 2 aromatic carbocycles. The predicted molar refractivity (Wildman–Crippen MR) is 94.1 cm³/mol. The average Bonchev–Trinajstić information content (AvgIpc) is 2.56. The summed E-state index contributed by atoms with van der Waals surface area (Å²) < 4.78 is 1.89. The highest BCUT2D eigenvalue weighted by molar-refractivity contribution is 5.87. The first kappa shape index (κ1) is 14.4. The highest BCUT2D eigenvalue weighted by Gasteiger charge is 2.18. The quantitative estimate of drug-likeness (QED) is 0.549. The fourth-order valence-electron chi connectivity index (χ4n) is 3.06. The molecule has 24 heavy (non-hydrogen) atoms. The van der Waals surface area contributed by atoms with E-state index in [1.165, 1.54) is 0 Å². The Bertz CT molecular complexity index is 1170. The fraction of sp³-hybridized carbons (Fsp3) is 0.105. The van der Waals surface area contributed by atoms with Gasteiger partial charge in [-0.3, -0.25) is 14.3 Å². The number of fused-ring (bicyclic) bond motifs is 2. The first-order valence-corrected chi connectivity index (χ1v) is 7.67. The Morgan fingerprint density at radius 2 is 1.79 bits per heavy atom. The second-order valence-corrected chi connectivity index (χ2v) is 5.87. The number of nitrogens with zero attached hydrogens (tertiary/aromatic N) is 2. The predicted octanol–water partition coefficient (Wildman–Crippen LogP) is 2.80. The van der Waals surface area contributed by atoms with Crippen LogP contribution in [0.4, 0.5) is 0 Å². The number of aryl methyl sites for hydroxylation is 1. The monoisotopic (exact) mass is 317 g/mol.